The van der Waals surface area contributed by atoms with Crippen LogP contribution >= 0.6 is 0 Å². The quantitative estimate of drug-likeness (QED) is 0.870. The molecular weight excluding hydrogens is 266 g/mol. The molecule has 1 aliphatic heterocycles. The lowest BCUT2D eigenvalue weighted by molar-refractivity contribution is -0.128. The number of rotatable bonds is 3. The first-order chi connectivity index (χ1) is 10.2. The predicted molar refractivity (Wildman–Crippen MR) is 79.6 cm³/mol. The summed E-state index contributed by atoms with van der Waals surface area (Å²) in [5.41, 5.74) is 2.26. The monoisotopic (exact) mass is 289 g/mol. The van der Waals surface area contributed by atoms with Gasteiger partial charge in [-0.2, -0.15) is 0 Å². The molecule has 0 aromatic carbocycles. The molecule has 21 heavy (non-hydrogen) atoms. The lowest BCUT2D eigenvalue weighted by atomic mass is 10.1. The number of carbonyl (C=O) groups is 1. The minimum Gasteiger partial charge on any atom is -0.380 e. The number of carbonyl (C=O) groups excluding carboxylic acids is 1. The Morgan fingerprint density at radius 1 is 1.43 bits per heavy atom. The number of aromatic amines is 1. The molecule has 1 unspecified atom stereocenters. The molecular formula is C16H23N3O2. The lowest BCUT2D eigenvalue weighted by Gasteiger charge is -2.24. The van der Waals surface area contributed by atoms with Gasteiger partial charge in [-0.3, -0.25) is 4.79 Å². The third-order valence-electron chi connectivity index (χ3n) is 4.75. The zero-order chi connectivity index (χ0) is 14.8. The lowest BCUT2D eigenvalue weighted by Crippen LogP contribution is -2.33. The third kappa shape index (κ3) is 2.75. The highest BCUT2D eigenvalue weighted by molar-refractivity contribution is 5.94. The normalized spacial score (nSPS) is 25.6. The summed E-state index contributed by atoms with van der Waals surface area (Å²) in [4.78, 5) is 22.3. The Morgan fingerprint density at radius 2 is 2.19 bits per heavy atom. The molecule has 1 saturated heterocycles. The van der Waals surface area contributed by atoms with Crippen molar-refractivity contribution in [1.29, 1.82) is 0 Å². The highest BCUT2D eigenvalue weighted by atomic mass is 16.5. The molecule has 1 aliphatic carbocycles. The summed E-state index contributed by atoms with van der Waals surface area (Å²) < 4.78 is 5.47. The van der Waals surface area contributed by atoms with E-state index in [4.69, 9.17) is 4.74 Å². The van der Waals surface area contributed by atoms with Crippen LogP contribution in [0.25, 0.3) is 0 Å². The van der Waals surface area contributed by atoms with Crippen molar-refractivity contribution >= 4 is 5.91 Å². The second-order valence-electron chi connectivity index (χ2n) is 5.98. The minimum absolute atomic E-state index is 0.00518. The van der Waals surface area contributed by atoms with Crippen LogP contribution in [-0.2, 0) is 9.53 Å². The fourth-order valence-corrected chi connectivity index (χ4v) is 3.45. The summed E-state index contributed by atoms with van der Waals surface area (Å²) in [6.45, 7) is 2.62. The maximum Gasteiger partial charge on any atom is 0.250 e. The average molecular weight is 289 g/mol. The maximum absolute atomic E-state index is 12.9. The van der Waals surface area contributed by atoms with Crippen molar-refractivity contribution < 1.29 is 9.53 Å². The number of ether oxygens (including phenoxy) is 1. The Balaban J connectivity index is 1.84. The first-order valence-corrected chi connectivity index (χ1v) is 7.72. The molecule has 5 nitrogen and oxygen atoms in total. The molecule has 0 radical (unpaired) electrons. The number of hydrogen-bond acceptors (Lipinski definition) is 3. The van der Waals surface area contributed by atoms with Gasteiger partial charge in [-0.1, -0.05) is 5.57 Å². The van der Waals surface area contributed by atoms with Crippen molar-refractivity contribution in [2.75, 3.05) is 13.7 Å². The molecule has 2 fully saturated rings. The van der Waals surface area contributed by atoms with Crippen LogP contribution in [0.2, 0.25) is 0 Å². The molecule has 1 amide bonds. The molecule has 114 valence electrons. The predicted octanol–water partition coefficient (Wildman–Crippen LogP) is 2.59. The number of imidazole rings is 1. The van der Waals surface area contributed by atoms with E-state index in [-0.39, 0.29) is 18.1 Å². The fraction of sp³-hybridized carbons (Fsp3) is 0.625. The van der Waals surface area contributed by atoms with Crippen LogP contribution in [0.4, 0.5) is 0 Å². The largest absolute Gasteiger partial charge is 0.380 e. The molecule has 1 aromatic heterocycles. The van der Waals surface area contributed by atoms with Gasteiger partial charge in [0.25, 0.3) is 0 Å². The van der Waals surface area contributed by atoms with Crippen LogP contribution in [0, 0.1) is 0 Å². The zero-order valence-corrected chi connectivity index (χ0v) is 12.8. The zero-order valence-electron chi connectivity index (χ0n) is 12.8. The summed E-state index contributed by atoms with van der Waals surface area (Å²) >= 11 is 0. The number of allylic oxidation sites excluding steroid dienone is 1. The molecule has 1 aromatic rings. The second kappa shape index (κ2) is 6.02. The SMILES string of the molecule is CO[C@@H]1CC(c2ncc[nH]2)N(C(=O)C(C)=C2CCCC2)C1. The molecule has 2 aliphatic rings. The summed E-state index contributed by atoms with van der Waals surface area (Å²) in [5.74, 6) is 1.000. The van der Waals surface area contributed by atoms with Crippen molar-refractivity contribution in [3.63, 3.8) is 0 Å². The van der Waals surface area contributed by atoms with Gasteiger partial charge in [-0.15, -0.1) is 0 Å². The highest BCUT2D eigenvalue weighted by Gasteiger charge is 2.38. The number of aromatic nitrogens is 2. The van der Waals surface area contributed by atoms with Crippen molar-refractivity contribution in [3.05, 3.63) is 29.4 Å². The number of nitrogens with zero attached hydrogens (tertiary/aromatic N) is 2. The summed E-state index contributed by atoms with van der Waals surface area (Å²) in [5, 5.41) is 0. The van der Waals surface area contributed by atoms with Gasteiger partial charge in [0.15, 0.2) is 0 Å². The molecule has 1 N–H and O–H groups in total. The molecule has 5 heteroatoms. The maximum atomic E-state index is 12.9. The van der Waals surface area contributed by atoms with E-state index >= 15 is 0 Å². The van der Waals surface area contributed by atoms with Gasteiger partial charge in [0, 0.05) is 38.0 Å². The van der Waals surface area contributed by atoms with Crippen molar-refractivity contribution in [1.82, 2.24) is 14.9 Å². The van der Waals surface area contributed by atoms with Gasteiger partial charge < -0.3 is 14.6 Å². The van der Waals surface area contributed by atoms with E-state index in [0.717, 1.165) is 30.7 Å². The van der Waals surface area contributed by atoms with Crippen LogP contribution in [0.1, 0.15) is 50.9 Å². The first-order valence-electron chi connectivity index (χ1n) is 7.72. The van der Waals surface area contributed by atoms with E-state index in [9.17, 15) is 4.79 Å². The number of methoxy groups -OCH3 is 1. The van der Waals surface area contributed by atoms with Gasteiger partial charge >= 0.3 is 0 Å². The van der Waals surface area contributed by atoms with E-state index < -0.39 is 0 Å². The molecule has 2 atom stereocenters. The molecule has 3 rings (SSSR count). The van der Waals surface area contributed by atoms with Crippen molar-refractivity contribution in [2.24, 2.45) is 0 Å². The summed E-state index contributed by atoms with van der Waals surface area (Å²) in [6, 6.07) is -0.00518. The van der Waals surface area contributed by atoms with Crippen LogP contribution in [-0.4, -0.2) is 40.5 Å². The highest BCUT2D eigenvalue weighted by Crippen LogP contribution is 2.34. The Hall–Kier alpha value is -1.62. The topological polar surface area (TPSA) is 58.2 Å². The summed E-state index contributed by atoms with van der Waals surface area (Å²) in [7, 11) is 1.71. The van der Waals surface area contributed by atoms with E-state index in [1.54, 1.807) is 19.5 Å². The molecule has 1 saturated carbocycles. The van der Waals surface area contributed by atoms with Crippen LogP contribution < -0.4 is 0 Å². The Morgan fingerprint density at radius 3 is 2.81 bits per heavy atom. The summed E-state index contributed by atoms with van der Waals surface area (Å²) in [6.07, 6.45) is 9.00. The van der Waals surface area contributed by atoms with Crippen molar-refractivity contribution in [2.45, 2.75) is 51.2 Å². The van der Waals surface area contributed by atoms with E-state index in [2.05, 4.69) is 9.97 Å². The number of nitrogens with one attached hydrogen (secondary N) is 1. The second-order valence-corrected chi connectivity index (χ2v) is 5.98. The van der Waals surface area contributed by atoms with E-state index in [1.165, 1.54) is 18.4 Å². The van der Waals surface area contributed by atoms with E-state index in [0.29, 0.717) is 6.54 Å². The van der Waals surface area contributed by atoms with Crippen molar-refractivity contribution in [3.8, 4) is 0 Å². The Labute approximate surface area is 125 Å². The smallest absolute Gasteiger partial charge is 0.250 e. The standard InChI is InChI=1S/C16H23N3O2/c1-11(12-5-3-4-6-12)16(20)19-10-13(21-2)9-14(19)15-17-7-8-18-15/h7-8,13-14H,3-6,9-10H2,1-2H3,(H,17,18)/t13-,14?/m1/s1. The third-order valence-corrected chi connectivity index (χ3v) is 4.75. The molecule has 0 bridgehead atoms. The number of H-pyrrole nitrogens is 1. The first kappa shape index (κ1) is 14.3. The molecule has 2 heterocycles. The van der Waals surface area contributed by atoms with Crippen LogP contribution in [0.5, 0.6) is 0 Å². The Kier molecular flexibility index (Phi) is 4.10. The Bertz CT molecular complexity index is 528. The van der Waals surface area contributed by atoms with Gasteiger partial charge in [0.2, 0.25) is 5.91 Å². The minimum atomic E-state index is -0.00518. The number of likely N-dealkylation sites (tertiary alicyclic amines) is 1. The van der Waals surface area contributed by atoms with E-state index in [1.807, 2.05) is 11.8 Å². The van der Waals surface area contributed by atoms with Gasteiger partial charge in [0.1, 0.15) is 5.82 Å². The fourth-order valence-electron chi connectivity index (χ4n) is 3.45. The van der Waals surface area contributed by atoms with Crippen LogP contribution in [0.3, 0.4) is 0 Å². The number of hydrogen-bond donors (Lipinski definition) is 1. The van der Waals surface area contributed by atoms with Gasteiger partial charge in [0.05, 0.1) is 12.1 Å². The average Bonchev–Trinajstić information content (AvgIpc) is 3.25. The van der Waals surface area contributed by atoms with Gasteiger partial charge in [-0.05, 0) is 32.6 Å². The molecule has 0 spiro atoms. The van der Waals surface area contributed by atoms with Gasteiger partial charge in [-0.25, -0.2) is 4.98 Å². The number of amides is 1. The van der Waals surface area contributed by atoms with Crippen LogP contribution in [0.15, 0.2) is 23.5 Å².